The molecular formula is C19H19ClIN3O2. The van der Waals surface area contributed by atoms with Crippen molar-refractivity contribution >= 4 is 57.5 Å². The molecule has 0 spiro atoms. The molecule has 0 atom stereocenters. The highest BCUT2D eigenvalue weighted by atomic mass is 127. The van der Waals surface area contributed by atoms with Crippen LogP contribution in [0.4, 0.5) is 16.2 Å². The second-order valence-electron chi connectivity index (χ2n) is 6.14. The van der Waals surface area contributed by atoms with Crippen LogP contribution in [-0.4, -0.2) is 33.9 Å². The van der Waals surface area contributed by atoms with Gasteiger partial charge in [0.1, 0.15) is 0 Å². The van der Waals surface area contributed by atoms with Crippen LogP contribution in [-0.2, 0) is 0 Å². The lowest BCUT2D eigenvalue weighted by Gasteiger charge is -2.29. The highest BCUT2D eigenvalue weighted by Gasteiger charge is 2.22. The smallest absolute Gasteiger partial charge is 0.323 e. The van der Waals surface area contributed by atoms with Gasteiger partial charge in [0.2, 0.25) is 0 Å². The number of amides is 3. The zero-order valence-corrected chi connectivity index (χ0v) is 17.0. The van der Waals surface area contributed by atoms with Crippen molar-refractivity contribution in [1.82, 2.24) is 4.90 Å². The van der Waals surface area contributed by atoms with E-state index in [9.17, 15) is 9.59 Å². The molecule has 2 N–H and O–H groups in total. The summed E-state index contributed by atoms with van der Waals surface area (Å²) >= 11 is 8.35. The molecule has 0 saturated carbocycles. The predicted octanol–water partition coefficient (Wildman–Crippen LogP) is 5.02. The van der Waals surface area contributed by atoms with E-state index in [1.165, 1.54) is 0 Å². The summed E-state index contributed by atoms with van der Waals surface area (Å²) in [5.41, 5.74) is 1.75. The van der Waals surface area contributed by atoms with Crippen LogP contribution in [0.5, 0.6) is 0 Å². The molecular weight excluding hydrogens is 465 g/mol. The van der Waals surface area contributed by atoms with Crippen molar-refractivity contribution in [3.8, 4) is 0 Å². The van der Waals surface area contributed by atoms with Crippen LogP contribution in [0, 0.1) is 0 Å². The van der Waals surface area contributed by atoms with E-state index in [4.69, 9.17) is 11.6 Å². The van der Waals surface area contributed by atoms with Gasteiger partial charge in [-0.2, -0.15) is 0 Å². The summed E-state index contributed by atoms with van der Waals surface area (Å²) in [7, 11) is 0. The van der Waals surface area contributed by atoms with E-state index in [2.05, 4.69) is 33.2 Å². The Morgan fingerprint density at radius 2 is 1.62 bits per heavy atom. The number of halogens is 2. The van der Waals surface area contributed by atoms with Crippen molar-refractivity contribution in [2.24, 2.45) is 0 Å². The molecule has 1 fully saturated rings. The Kier molecular flexibility index (Phi) is 6.37. The lowest BCUT2D eigenvalue weighted by atomic mass is 10.1. The SMILES string of the molecule is O=C(Nc1cccc(Cl)c1)Nc1cccc(C(=O)N2CCC(I)CC2)c1. The summed E-state index contributed by atoms with van der Waals surface area (Å²) in [6, 6.07) is 13.5. The molecule has 0 aliphatic carbocycles. The van der Waals surface area contributed by atoms with Crippen molar-refractivity contribution in [2.75, 3.05) is 23.7 Å². The molecule has 136 valence electrons. The fourth-order valence-electron chi connectivity index (χ4n) is 2.82. The number of carbonyl (C=O) groups excluding carboxylic acids is 2. The molecule has 3 rings (SSSR count). The number of nitrogens with zero attached hydrogens (tertiary/aromatic N) is 1. The third-order valence-electron chi connectivity index (χ3n) is 4.16. The third kappa shape index (κ3) is 5.11. The first-order chi connectivity index (χ1) is 12.5. The number of hydrogen-bond acceptors (Lipinski definition) is 2. The number of rotatable bonds is 3. The molecule has 0 bridgehead atoms. The average molecular weight is 484 g/mol. The molecule has 0 radical (unpaired) electrons. The van der Waals surface area contributed by atoms with Crippen molar-refractivity contribution in [1.29, 1.82) is 0 Å². The van der Waals surface area contributed by atoms with Gasteiger partial charge in [0.25, 0.3) is 5.91 Å². The van der Waals surface area contributed by atoms with Gasteiger partial charge >= 0.3 is 6.03 Å². The summed E-state index contributed by atoms with van der Waals surface area (Å²) in [4.78, 5) is 26.7. The Bertz CT molecular complexity index is 807. The maximum Gasteiger partial charge on any atom is 0.323 e. The van der Waals surface area contributed by atoms with Gasteiger partial charge in [0.05, 0.1) is 0 Å². The number of piperidine rings is 1. The fraction of sp³-hybridized carbons (Fsp3) is 0.263. The van der Waals surface area contributed by atoms with Gasteiger partial charge < -0.3 is 15.5 Å². The summed E-state index contributed by atoms with van der Waals surface area (Å²) in [6.07, 6.45) is 2.04. The lowest BCUT2D eigenvalue weighted by Crippen LogP contribution is -2.38. The van der Waals surface area contributed by atoms with Crippen LogP contribution in [0.1, 0.15) is 23.2 Å². The van der Waals surface area contributed by atoms with E-state index in [0.717, 1.165) is 25.9 Å². The molecule has 1 saturated heterocycles. The molecule has 1 aliphatic heterocycles. The molecule has 3 amide bonds. The van der Waals surface area contributed by atoms with Crippen LogP contribution in [0.3, 0.4) is 0 Å². The number of benzene rings is 2. The number of likely N-dealkylation sites (tertiary alicyclic amines) is 1. The average Bonchev–Trinajstić information content (AvgIpc) is 2.62. The van der Waals surface area contributed by atoms with E-state index in [0.29, 0.717) is 25.9 Å². The molecule has 1 aliphatic rings. The highest BCUT2D eigenvalue weighted by molar-refractivity contribution is 14.1. The molecule has 1 heterocycles. The van der Waals surface area contributed by atoms with E-state index in [-0.39, 0.29) is 11.9 Å². The summed E-state index contributed by atoms with van der Waals surface area (Å²) in [6.45, 7) is 1.55. The molecule has 5 nitrogen and oxygen atoms in total. The summed E-state index contributed by atoms with van der Waals surface area (Å²) < 4.78 is 0.639. The van der Waals surface area contributed by atoms with Gasteiger partial charge in [-0.1, -0.05) is 46.3 Å². The normalized spacial score (nSPS) is 14.8. The van der Waals surface area contributed by atoms with Gasteiger partial charge in [0, 0.05) is 39.0 Å². The number of anilines is 2. The molecule has 26 heavy (non-hydrogen) atoms. The van der Waals surface area contributed by atoms with Crippen molar-refractivity contribution in [3.05, 3.63) is 59.1 Å². The van der Waals surface area contributed by atoms with Crippen molar-refractivity contribution in [3.63, 3.8) is 0 Å². The van der Waals surface area contributed by atoms with Gasteiger partial charge in [-0.05, 0) is 49.2 Å². The van der Waals surface area contributed by atoms with Crippen LogP contribution in [0.25, 0.3) is 0 Å². The standard InChI is InChI=1S/C19H19ClIN3O2/c20-14-4-2-6-17(12-14)23-19(26)22-16-5-1-3-13(11-16)18(25)24-9-7-15(21)8-10-24/h1-6,11-12,15H,7-10H2,(H2,22,23,26). The Hall–Kier alpha value is -1.80. The van der Waals surface area contributed by atoms with Gasteiger partial charge in [0.15, 0.2) is 0 Å². The zero-order valence-electron chi connectivity index (χ0n) is 14.0. The number of hydrogen-bond donors (Lipinski definition) is 2. The van der Waals surface area contributed by atoms with Crippen LogP contribution in [0.2, 0.25) is 5.02 Å². The van der Waals surface area contributed by atoms with Gasteiger partial charge in [-0.25, -0.2) is 4.79 Å². The first-order valence-corrected chi connectivity index (χ1v) is 10.0. The van der Waals surface area contributed by atoms with E-state index in [1.54, 1.807) is 48.5 Å². The number of alkyl halides is 1. The summed E-state index contributed by atoms with van der Waals surface area (Å²) in [5, 5.41) is 6.01. The van der Waals surface area contributed by atoms with Crippen LogP contribution < -0.4 is 10.6 Å². The maximum atomic E-state index is 12.7. The summed E-state index contributed by atoms with van der Waals surface area (Å²) in [5.74, 6) is 0.00667. The van der Waals surface area contributed by atoms with Crippen LogP contribution in [0.15, 0.2) is 48.5 Å². The molecule has 2 aromatic carbocycles. The number of nitrogens with one attached hydrogen (secondary N) is 2. The third-order valence-corrected chi connectivity index (χ3v) is 5.64. The first kappa shape index (κ1) is 19.0. The number of urea groups is 1. The molecule has 0 aromatic heterocycles. The Morgan fingerprint density at radius 3 is 2.27 bits per heavy atom. The van der Waals surface area contributed by atoms with Crippen molar-refractivity contribution < 1.29 is 9.59 Å². The lowest BCUT2D eigenvalue weighted by molar-refractivity contribution is 0.0729. The second-order valence-corrected chi connectivity index (χ2v) is 8.34. The number of carbonyl (C=O) groups is 2. The van der Waals surface area contributed by atoms with E-state index >= 15 is 0 Å². The second kappa shape index (κ2) is 8.73. The Morgan fingerprint density at radius 1 is 1.00 bits per heavy atom. The minimum atomic E-state index is -0.386. The zero-order chi connectivity index (χ0) is 18.5. The maximum absolute atomic E-state index is 12.7. The van der Waals surface area contributed by atoms with Crippen molar-refractivity contribution in [2.45, 2.75) is 16.8 Å². The minimum Gasteiger partial charge on any atom is -0.339 e. The highest BCUT2D eigenvalue weighted by Crippen LogP contribution is 2.21. The first-order valence-electron chi connectivity index (χ1n) is 8.38. The van der Waals surface area contributed by atoms with E-state index in [1.807, 2.05) is 4.90 Å². The monoisotopic (exact) mass is 483 g/mol. The topological polar surface area (TPSA) is 61.4 Å². The van der Waals surface area contributed by atoms with Gasteiger partial charge in [-0.3, -0.25) is 4.79 Å². The molecule has 0 unspecified atom stereocenters. The predicted molar refractivity (Wildman–Crippen MR) is 113 cm³/mol. The fourth-order valence-corrected chi connectivity index (χ4v) is 3.57. The Balaban J connectivity index is 1.63. The molecule has 2 aromatic rings. The van der Waals surface area contributed by atoms with Gasteiger partial charge in [-0.15, -0.1) is 0 Å². The van der Waals surface area contributed by atoms with Crippen LogP contribution >= 0.6 is 34.2 Å². The largest absolute Gasteiger partial charge is 0.339 e. The van der Waals surface area contributed by atoms with E-state index < -0.39 is 0 Å². The Labute approximate surface area is 171 Å². The quantitative estimate of drug-likeness (QED) is 0.475. The minimum absolute atomic E-state index is 0.00667. The molecule has 7 heteroatoms.